The van der Waals surface area contributed by atoms with Crippen LogP contribution in [0.3, 0.4) is 0 Å². The van der Waals surface area contributed by atoms with Crippen LogP contribution < -0.4 is 0 Å². The summed E-state index contributed by atoms with van der Waals surface area (Å²) in [6, 6.07) is 6.13. The zero-order valence-electron chi connectivity index (χ0n) is 8.96. The first-order valence-corrected chi connectivity index (χ1v) is 5.73. The van der Waals surface area contributed by atoms with Gasteiger partial charge in [0, 0.05) is 12.8 Å². The monoisotopic (exact) mass is 249 g/mol. The molecule has 0 unspecified atom stereocenters. The van der Waals surface area contributed by atoms with E-state index in [-0.39, 0.29) is 5.82 Å². The van der Waals surface area contributed by atoms with Gasteiger partial charge in [0.1, 0.15) is 5.82 Å². The van der Waals surface area contributed by atoms with Gasteiger partial charge in [0.15, 0.2) is 0 Å². The molecule has 2 aromatic rings. The summed E-state index contributed by atoms with van der Waals surface area (Å²) in [4.78, 5) is 0. The Balaban J connectivity index is 2.17. The number of tetrazole rings is 1. The quantitative estimate of drug-likeness (QED) is 0.771. The molecule has 0 spiro atoms. The van der Waals surface area contributed by atoms with Gasteiger partial charge in [-0.05, 0) is 34.2 Å². The predicted octanol–water partition coefficient (Wildman–Crippen LogP) is 1.51. The summed E-state index contributed by atoms with van der Waals surface area (Å²) < 4.78 is 14.6. The molecule has 17 heavy (non-hydrogen) atoms. The lowest BCUT2D eigenvalue weighted by Gasteiger charge is -2.02. The third-order valence-electron chi connectivity index (χ3n) is 2.13. The van der Waals surface area contributed by atoms with Crippen LogP contribution in [0.1, 0.15) is 11.1 Å². The van der Waals surface area contributed by atoms with Gasteiger partial charge in [-0.3, -0.25) is 0 Å². The van der Waals surface area contributed by atoms with Crippen LogP contribution in [0.5, 0.6) is 0 Å². The van der Waals surface area contributed by atoms with E-state index >= 15 is 0 Å². The number of benzene rings is 1. The van der Waals surface area contributed by atoms with E-state index < -0.39 is 0 Å². The number of halogens is 1. The Labute approximate surface area is 101 Å². The molecule has 0 saturated carbocycles. The molecule has 0 amide bonds. The molecule has 0 radical (unpaired) electrons. The number of nitrogens with zero attached hydrogens (tertiary/aromatic N) is 5. The van der Waals surface area contributed by atoms with Gasteiger partial charge >= 0.3 is 0 Å². The van der Waals surface area contributed by atoms with E-state index in [2.05, 4.69) is 15.5 Å². The number of thioether (sulfide) groups is 1. The van der Waals surface area contributed by atoms with E-state index in [1.165, 1.54) is 34.6 Å². The van der Waals surface area contributed by atoms with E-state index in [1.807, 2.05) is 6.07 Å². The van der Waals surface area contributed by atoms with Crippen molar-refractivity contribution in [3.8, 4) is 6.07 Å². The summed E-state index contributed by atoms with van der Waals surface area (Å²) in [6.45, 7) is 0. The number of hydrogen-bond donors (Lipinski definition) is 0. The van der Waals surface area contributed by atoms with E-state index in [9.17, 15) is 4.39 Å². The maximum atomic E-state index is 13.1. The Morgan fingerprint density at radius 3 is 3.00 bits per heavy atom. The molecule has 1 aromatic heterocycles. The van der Waals surface area contributed by atoms with Crippen molar-refractivity contribution in [2.45, 2.75) is 10.9 Å². The highest BCUT2D eigenvalue weighted by Gasteiger charge is 2.07. The maximum absolute atomic E-state index is 13.1. The van der Waals surface area contributed by atoms with Crippen molar-refractivity contribution >= 4 is 11.8 Å². The third kappa shape index (κ3) is 2.60. The first kappa shape index (κ1) is 11.5. The van der Waals surface area contributed by atoms with Crippen molar-refractivity contribution in [1.29, 1.82) is 5.26 Å². The molecule has 0 bridgehead atoms. The fourth-order valence-corrected chi connectivity index (χ4v) is 2.12. The fraction of sp³-hybridized carbons (Fsp3) is 0.200. The smallest absolute Gasteiger partial charge is 0.209 e. The SMILES string of the molecule is Cn1nnnc1SCc1cc(F)ccc1C#N. The van der Waals surface area contributed by atoms with Gasteiger partial charge in [-0.1, -0.05) is 11.8 Å². The number of aromatic nitrogens is 4. The van der Waals surface area contributed by atoms with E-state index in [0.717, 1.165) is 0 Å². The minimum atomic E-state index is -0.351. The Hall–Kier alpha value is -1.94. The lowest BCUT2D eigenvalue weighted by molar-refractivity contribution is 0.626. The Kier molecular flexibility index (Phi) is 3.35. The molecule has 0 atom stereocenters. The minimum absolute atomic E-state index is 0.351. The van der Waals surface area contributed by atoms with Gasteiger partial charge in [0.25, 0.3) is 0 Å². The summed E-state index contributed by atoms with van der Waals surface area (Å²) in [5.41, 5.74) is 1.11. The van der Waals surface area contributed by atoms with Crippen LogP contribution in [0.15, 0.2) is 23.4 Å². The summed E-state index contributed by atoms with van der Waals surface area (Å²) in [6.07, 6.45) is 0. The number of nitriles is 1. The summed E-state index contributed by atoms with van der Waals surface area (Å²) >= 11 is 1.35. The third-order valence-corrected chi connectivity index (χ3v) is 3.19. The van der Waals surface area contributed by atoms with Gasteiger partial charge in [-0.15, -0.1) is 5.10 Å². The highest BCUT2D eigenvalue weighted by atomic mass is 32.2. The van der Waals surface area contributed by atoms with Crippen LogP contribution in [0.2, 0.25) is 0 Å². The van der Waals surface area contributed by atoms with Crippen LogP contribution in [0.25, 0.3) is 0 Å². The second-order valence-corrected chi connectivity index (χ2v) is 4.23. The number of hydrogen-bond acceptors (Lipinski definition) is 5. The molecule has 0 N–H and O–H groups in total. The molecule has 5 nitrogen and oxygen atoms in total. The second-order valence-electron chi connectivity index (χ2n) is 3.29. The maximum Gasteiger partial charge on any atom is 0.209 e. The van der Waals surface area contributed by atoms with E-state index in [4.69, 9.17) is 5.26 Å². The first-order chi connectivity index (χ1) is 8.20. The number of aryl methyl sites for hydroxylation is 1. The van der Waals surface area contributed by atoms with E-state index in [1.54, 1.807) is 7.05 Å². The molecule has 86 valence electrons. The van der Waals surface area contributed by atoms with Gasteiger partial charge < -0.3 is 0 Å². The topological polar surface area (TPSA) is 67.4 Å². The normalized spacial score (nSPS) is 10.2. The number of rotatable bonds is 3. The summed E-state index contributed by atoms with van der Waals surface area (Å²) in [5, 5.41) is 20.5. The Bertz CT molecular complexity index is 574. The summed E-state index contributed by atoms with van der Waals surface area (Å²) in [7, 11) is 1.72. The van der Waals surface area contributed by atoms with Gasteiger partial charge in [-0.2, -0.15) is 5.26 Å². The lowest BCUT2D eigenvalue weighted by Crippen LogP contribution is -1.95. The Morgan fingerprint density at radius 2 is 2.35 bits per heavy atom. The molecular weight excluding hydrogens is 241 g/mol. The van der Waals surface area contributed by atoms with Crippen molar-refractivity contribution in [1.82, 2.24) is 20.2 Å². The molecule has 0 aliphatic rings. The first-order valence-electron chi connectivity index (χ1n) is 4.74. The highest BCUT2D eigenvalue weighted by Crippen LogP contribution is 2.22. The van der Waals surface area contributed by atoms with Crippen LogP contribution in [0, 0.1) is 17.1 Å². The van der Waals surface area contributed by atoms with Crippen molar-refractivity contribution in [3.63, 3.8) is 0 Å². The average Bonchev–Trinajstić information content (AvgIpc) is 2.72. The standard InChI is InChI=1S/C10H8FN5S/c1-16-10(13-14-15-16)17-6-8-4-9(11)3-2-7(8)5-12/h2-4H,6H2,1H3. The molecule has 2 rings (SSSR count). The van der Waals surface area contributed by atoms with Crippen molar-refractivity contribution in [3.05, 3.63) is 35.1 Å². The van der Waals surface area contributed by atoms with Gasteiger partial charge in [-0.25, -0.2) is 9.07 Å². The minimum Gasteiger partial charge on any atom is -0.224 e. The second kappa shape index (κ2) is 4.93. The molecule has 1 heterocycles. The zero-order chi connectivity index (χ0) is 12.3. The van der Waals surface area contributed by atoms with Gasteiger partial charge in [0.2, 0.25) is 5.16 Å². The van der Waals surface area contributed by atoms with Crippen LogP contribution in [-0.4, -0.2) is 20.2 Å². The predicted molar refractivity (Wildman–Crippen MR) is 59.5 cm³/mol. The van der Waals surface area contributed by atoms with Crippen molar-refractivity contribution < 1.29 is 4.39 Å². The van der Waals surface area contributed by atoms with Crippen LogP contribution in [0.4, 0.5) is 4.39 Å². The average molecular weight is 249 g/mol. The van der Waals surface area contributed by atoms with Crippen molar-refractivity contribution in [2.75, 3.05) is 0 Å². The molecule has 0 aliphatic carbocycles. The highest BCUT2D eigenvalue weighted by molar-refractivity contribution is 7.98. The van der Waals surface area contributed by atoms with Crippen molar-refractivity contribution in [2.24, 2.45) is 7.05 Å². The molecule has 0 aliphatic heterocycles. The fourth-order valence-electron chi connectivity index (χ4n) is 1.28. The van der Waals surface area contributed by atoms with Crippen LogP contribution in [-0.2, 0) is 12.8 Å². The summed E-state index contributed by atoms with van der Waals surface area (Å²) in [5.74, 6) is 0.102. The van der Waals surface area contributed by atoms with E-state index in [0.29, 0.717) is 22.0 Å². The largest absolute Gasteiger partial charge is 0.224 e. The van der Waals surface area contributed by atoms with Gasteiger partial charge in [0.05, 0.1) is 11.6 Å². The molecule has 7 heteroatoms. The molecule has 0 fully saturated rings. The molecular formula is C10H8FN5S. The molecule has 1 aromatic carbocycles. The zero-order valence-corrected chi connectivity index (χ0v) is 9.78. The van der Waals surface area contributed by atoms with Crippen LogP contribution >= 0.6 is 11.8 Å². The molecule has 0 saturated heterocycles. The Morgan fingerprint density at radius 1 is 1.53 bits per heavy atom. The lowest BCUT2D eigenvalue weighted by atomic mass is 10.1.